The van der Waals surface area contributed by atoms with E-state index in [0.29, 0.717) is 12.8 Å². The molecule has 2 aromatic carbocycles. The van der Waals surface area contributed by atoms with Gasteiger partial charge in [0.2, 0.25) is 11.8 Å². The first kappa shape index (κ1) is 37.7. The fraction of sp³-hybridized carbons (Fsp3) is 0.619. The minimum absolute atomic E-state index is 0.0520. The Morgan fingerprint density at radius 3 is 1.27 bits per heavy atom. The van der Waals surface area contributed by atoms with Crippen LogP contribution in [0.3, 0.4) is 0 Å². The van der Waals surface area contributed by atoms with Crippen molar-refractivity contribution in [2.45, 2.75) is 153 Å². The molecule has 10 nitrogen and oxygen atoms in total. The van der Waals surface area contributed by atoms with Gasteiger partial charge in [-0.1, -0.05) is 86.3 Å². The highest BCUT2D eigenvalue weighted by Gasteiger charge is 2.51. The van der Waals surface area contributed by atoms with E-state index in [-0.39, 0.29) is 35.7 Å². The number of benzene rings is 2. The van der Waals surface area contributed by atoms with Crippen LogP contribution < -0.4 is 10.6 Å². The standard InChI is InChI=1S/C42H58N4O6/c1-41(2,3)51-39(49)45-31-23-15-13-21-29(31)25-33(45)37(47)43-35(27-17-9-7-10-18-27)36(28-19-11-8-12-20-28)44-38(48)34-26-30-22-14-16-24-32(30)46(34)40(50)52-42(4,5)6/h7-12,17-20,29-36H,13-16,21-26H2,1-6H3,(H,43,47)(H,44,48)/t29-,30-,31-,32-,33-,34-,35+,36+/m0/s1. The Hall–Kier alpha value is -4.08. The molecule has 4 amide bonds. The molecule has 0 radical (unpaired) electrons. The summed E-state index contributed by atoms with van der Waals surface area (Å²) in [5.74, 6) is -0.0961. The van der Waals surface area contributed by atoms with E-state index in [2.05, 4.69) is 10.6 Å². The van der Waals surface area contributed by atoms with Gasteiger partial charge in [-0.25, -0.2) is 9.59 Å². The zero-order valence-electron chi connectivity index (χ0n) is 31.8. The lowest BCUT2D eigenvalue weighted by molar-refractivity contribution is -0.129. The smallest absolute Gasteiger partial charge is 0.411 e. The molecule has 0 spiro atoms. The van der Waals surface area contributed by atoms with Gasteiger partial charge in [0.15, 0.2) is 0 Å². The molecule has 2 aliphatic heterocycles. The number of hydrogen-bond acceptors (Lipinski definition) is 6. The highest BCUT2D eigenvalue weighted by atomic mass is 16.6. The summed E-state index contributed by atoms with van der Waals surface area (Å²) in [4.78, 5) is 60.1. The average molecular weight is 715 g/mol. The summed E-state index contributed by atoms with van der Waals surface area (Å²) in [5.41, 5.74) is 0.220. The minimum atomic E-state index is -0.707. The Kier molecular flexibility index (Phi) is 11.2. The summed E-state index contributed by atoms with van der Waals surface area (Å²) in [6, 6.07) is 16.4. The van der Waals surface area contributed by atoms with Gasteiger partial charge in [0, 0.05) is 12.1 Å². The molecule has 4 aliphatic rings. The van der Waals surface area contributed by atoms with E-state index in [1.54, 1.807) is 9.80 Å². The second-order valence-electron chi connectivity index (χ2n) is 17.3. The summed E-state index contributed by atoms with van der Waals surface area (Å²) in [6.45, 7) is 11.1. The largest absolute Gasteiger partial charge is 0.444 e. The minimum Gasteiger partial charge on any atom is -0.444 e. The van der Waals surface area contributed by atoms with E-state index in [9.17, 15) is 19.2 Å². The lowest BCUT2D eigenvalue weighted by Gasteiger charge is -2.37. The molecule has 8 atom stereocenters. The Bertz CT molecular complexity index is 1450. The van der Waals surface area contributed by atoms with E-state index < -0.39 is 47.6 Å². The maximum atomic E-state index is 14.6. The van der Waals surface area contributed by atoms with Crippen LogP contribution in [0.1, 0.15) is 129 Å². The van der Waals surface area contributed by atoms with E-state index >= 15 is 0 Å². The molecule has 2 N–H and O–H groups in total. The second-order valence-corrected chi connectivity index (χ2v) is 17.3. The van der Waals surface area contributed by atoms with E-state index in [4.69, 9.17) is 9.47 Å². The second kappa shape index (κ2) is 15.5. The molecule has 2 saturated carbocycles. The zero-order chi connectivity index (χ0) is 37.2. The topological polar surface area (TPSA) is 117 Å². The predicted molar refractivity (Wildman–Crippen MR) is 199 cm³/mol. The van der Waals surface area contributed by atoms with Gasteiger partial charge in [-0.15, -0.1) is 0 Å². The first-order chi connectivity index (χ1) is 24.7. The van der Waals surface area contributed by atoms with Crippen molar-refractivity contribution in [1.82, 2.24) is 20.4 Å². The quantitative estimate of drug-likeness (QED) is 0.302. The lowest BCUT2D eigenvalue weighted by atomic mass is 9.84. The third-order valence-electron chi connectivity index (χ3n) is 11.2. The van der Waals surface area contributed by atoms with Gasteiger partial charge < -0.3 is 20.1 Å². The van der Waals surface area contributed by atoms with Crippen molar-refractivity contribution in [3.8, 4) is 0 Å². The molecule has 282 valence electrons. The summed E-state index contributed by atoms with van der Waals surface area (Å²) in [5, 5.41) is 6.67. The fourth-order valence-corrected chi connectivity index (χ4v) is 9.08. The van der Waals surface area contributed by atoms with Crippen molar-refractivity contribution in [1.29, 1.82) is 0 Å². The normalized spacial score (nSPS) is 27.1. The number of rotatable bonds is 7. The summed E-state index contributed by atoms with van der Waals surface area (Å²) in [6.07, 6.45) is 8.00. The Morgan fingerprint density at radius 2 is 0.923 bits per heavy atom. The molecule has 52 heavy (non-hydrogen) atoms. The number of carbonyl (C=O) groups excluding carboxylic acids is 4. The Morgan fingerprint density at radius 1 is 0.577 bits per heavy atom. The zero-order valence-corrected chi connectivity index (χ0v) is 31.8. The molecule has 0 aromatic heterocycles. The van der Waals surface area contributed by atoms with Crippen molar-refractivity contribution in [2.75, 3.05) is 0 Å². The maximum absolute atomic E-state index is 14.6. The molecule has 2 heterocycles. The van der Waals surface area contributed by atoms with Gasteiger partial charge >= 0.3 is 12.2 Å². The van der Waals surface area contributed by atoms with Gasteiger partial charge in [-0.2, -0.15) is 0 Å². The number of hydrogen-bond donors (Lipinski definition) is 2. The van der Waals surface area contributed by atoms with Crippen LogP contribution in [0.2, 0.25) is 0 Å². The lowest BCUT2D eigenvalue weighted by Crippen LogP contribution is -2.54. The van der Waals surface area contributed by atoms with E-state index in [0.717, 1.165) is 62.5 Å². The third kappa shape index (κ3) is 8.58. The van der Waals surface area contributed by atoms with Crippen molar-refractivity contribution < 1.29 is 28.7 Å². The van der Waals surface area contributed by atoms with E-state index in [1.165, 1.54) is 0 Å². The number of carbonyl (C=O) groups is 4. The molecular formula is C42H58N4O6. The summed E-state index contributed by atoms with van der Waals surface area (Å²) < 4.78 is 11.7. The Labute approximate surface area is 309 Å². The molecule has 4 fully saturated rings. The molecule has 2 saturated heterocycles. The number of nitrogens with zero attached hydrogens (tertiary/aromatic N) is 2. The van der Waals surface area contributed by atoms with Crippen LogP contribution in [0.15, 0.2) is 60.7 Å². The number of ether oxygens (including phenoxy) is 2. The van der Waals surface area contributed by atoms with Crippen LogP contribution in [0.25, 0.3) is 0 Å². The van der Waals surface area contributed by atoms with Crippen LogP contribution in [0, 0.1) is 11.8 Å². The highest BCUT2D eigenvalue weighted by Crippen LogP contribution is 2.43. The molecule has 0 bridgehead atoms. The molecule has 0 unspecified atom stereocenters. The van der Waals surface area contributed by atoms with Crippen molar-refractivity contribution in [3.05, 3.63) is 71.8 Å². The number of likely N-dealkylation sites (tertiary alicyclic amines) is 2. The van der Waals surface area contributed by atoms with Gasteiger partial charge in [-0.05, 0) is 103 Å². The third-order valence-corrected chi connectivity index (χ3v) is 11.2. The van der Waals surface area contributed by atoms with Crippen LogP contribution in [0.5, 0.6) is 0 Å². The van der Waals surface area contributed by atoms with Crippen molar-refractivity contribution in [2.24, 2.45) is 11.8 Å². The van der Waals surface area contributed by atoms with Gasteiger partial charge in [-0.3, -0.25) is 19.4 Å². The first-order valence-corrected chi connectivity index (χ1v) is 19.4. The monoisotopic (exact) mass is 714 g/mol. The van der Waals surface area contributed by atoms with Crippen molar-refractivity contribution in [3.63, 3.8) is 0 Å². The number of nitrogens with one attached hydrogen (secondary N) is 2. The van der Waals surface area contributed by atoms with Gasteiger partial charge in [0.05, 0.1) is 12.1 Å². The number of fused-ring (bicyclic) bond motifs is 2. The van der Waals surface area contributed by atoms with E-state index in [1.807, 2.05) is 102 Å². The maximum Gasteiger partial charge on any atom is 0.411 e. The van der Waals surface area contributed by atoms with Crippen molar-refractivity contribution >= 4 is 24.0 Å². The molecule has 2 aliphatic carbocycles. The summed E-state index contributed by atoms with van der Waals surface area (Å²) >= 11 is 0. The Balaban J connectivity index is 1.33. The SMILES string of the molecule is CC(C)(C)OC(=O)N1[C@H](C(=O)N[C@H](c2ccccc2)[C@H](NC(=O)[C@@H]2C[C@@H]3CCCC[C@@H]3N2C(=O)OC(C)(C)C)c2ccccc2)C[C@@H]2CCCC[C@@H]21. The van der Waals surface area contributed by atoms with Crippen LogP contribution in [-0.2, 0) is 19.1 Å². The molecule has 6 rings (SSSR count). The van der Waals surface area contributed by atoms with Crippen LogP contribution >= 0.6 is 0 Å². The molecule has 2 aromatic rings. The van der Waals surface area contributed by atoms with Crippen LogP contribution in [0.4, 0.5) is 9.59 Å². The van der Waals surface area contributed by atoms with Gasteiger partial charge in [0.25, 0.3) is 0 Å². The fourth-order valence-electron chi connectivity index (χ4n) is 9.08. The highest BCUT2D eigenvalue weighted by molar-refractivity contribution is 5.88. The summed E-state index contributed by atoms with van der Waals surface area (Å²) in [7, 11) is 0. The van der Waals surface area contributed by atoms with Crippen LogP contribution in [-0.4, -0.2) is 69.2 Å². The number of amides is 4. The first-order valence-electron chi connectivity index (χ1n) is 19.4. The van der Waals surface area contributed by atoms with Gasteiger partial charge in [0.1, 0.15) is 23.3 Å². The predicted octanol–water partition coefficient (Wildman–Crippen LogP) is 7.84. The molecule has 10 heteroatoms. The molecular weight excluding hydrogens is 656 g/mol. The average Bonchev–Trinajstić information content (AvgIpc) is 3.69.